The molecule has 0 atom stereocenters. The van der Waals surface area contributed by atoms with Crippen LogP contribution in [0.15, 0.2) is 23.6 Å². The van der Waals surface area contributed by atoms with Crippen molar-refractivity contribution >= 4 is 40.5 Å². The molecule has 0 amide bonds. The predicted octanol–water partition coefficient (Wildman–Crippen LogP) is 3.21. The lowest BCUT2D eigenvalue weighted by molar-refractivity contribution is 0.0699. The van der Waals surface area contributed by atoms with Crippen LogP contribution in [0, 0.1) is 6.92 Å². The van der Waals surface area contributed by atoms with Gasteiger partial charge in [-0.25, -0.2) is 9.78 Å². The van der Waals surface area contributed by atoms with E-state index in [0.29, 0.717) is 22.4 Å². The predicted molar refractivity (Wildman–Crippen MR) is 83.5 cm³/mol. The van der Waals surface area contributed by atoms with E-state index in [1.54, 1.807) is 36.1 Å². The fourth-order valence-corrected chi connectivity index (χ4v) is 2.89. The van der Waals surface area contributed by atoms with E-state index in [1.807, 2.05) is 29.7 Å². The summed E-state index contributed by atoms with van der Waals surface area (Å²) < 4.78 is 1.61. The summed E-state index contributed by atoms with van der Waals surface area (Å²) in [4.78, 5) is 17.1. The standard InChI is InChI=1S/C15H13N3O2S/c1-9-13-12(15(19)20)8-10(16-14(13)18(2)17-9)5-6-11-4-3-7-21-11/h3-8H,1-2H3,(H,19,20)/b6-5+. The van der Waals surface area contributed by atoms with Gasteiger partial charge in [-0.2, -0.15) is 5.10 Å². The van der Waals surface area contributed by atoms with Gasteiger partial charge in [-0.3, -0.25) is 4.68 Å². The molecule has 0 unspecified atom stereocenters. The third-order valence-electron chi connectivity index (χ3n) is 3.18. The first-order valence-electron chi connectivity index (χ1n) is 6.35. The van der Waals surface area contributed by atoms with E-state index >= 15 is 0 Å². The number of rotatable bonds is 3. The van der Waals surface area contributed by atoms with Crippen LogP contribution < -0.4 is 0 Å². The average molecular weight is 299 g/mol. The molecule has 5 nitrogen and oxygen atoms in total. The highest BCUT2D eigenvalue weighted by Gasteiger charge is 2.17. The van der Waals surface area contributed by atoms with Gasteiger partial charge in [0.1, 0.15) is 0 Å². The Kier molecular flexibility index (Phi) is 3.31. The first-order chi connectivity index (χ1) is 10.1. The summed E-state index contributed by atoms with van der Waals surface area (Å²) in [6, 6.07) is 5.55. The molecule has 3 rings (SSSR count). The lowest BCUT2D eigenvalue weighted by Crippen LogP contribution is -2.01. The molecule has 0 saturated heterocycles. The van der Waals surface area contributed by atoms with Crippen molar-refractivity contribution in [1.29, 1.82) is 0 Å². The molecule has 0 spiro atoms. The van der Waals surface area contributed by atoms with Gasteiger partial charge < -0.3 is 5.11 Å². The zero-order valence-electron chi connectivity index (χ0n) is 11.6. The summed E-state index contributed by atoms with van der Waals surface area (Å²) in [7, 11) is 1.76. The smallest absolute Gasteiger partial charge is 0.336 e. The van der Waals surface area contributed by atoms with Gasteiger partial charge in [0, 0.05) is 11.9 Å². The van der Waals surface area contributed by atoms with Crippen molar-refractivity contribution in [2.24, 2.45) is 7.05 Å². The summed E-state index contributed by atoms with van der Waals surface area (Å²) in [6.45, 7) is 1.79. The minimum Gasteiger partial charge on any atom is -0.478 e. The quantitative estimate of drug-likeness (QED) is 0.806. The maximum absolute atomic E-state index is 11.5. The molecule has 0 aromatic carbocycles. The number of hydrogen-bond donors (Lipinski definition) is 1. The van der Waals surface area contributed by atoms with E-state index in [4.69, 9.17) is 0 Å². The van der Waals surface area contributed by atoms with E-state index in [9.17, 15) is 9.90 Å². The number of thiophene rings is 1. The summed E-state index contributed by atoms with van der Waals surface area (Å²) in [5.41, 5.74) is 2.09. The molecular weight excluding hydrogens is 286 g/mol. The molecule has 1 N–H and O–H groups in total. The van der Waals surface area contributed by atoms with Crippen LogP contribution in [0.2, 0.25) is 0 Å². The lowest BCUT2D eigenvalue weighted by Gasteiger charge is -2.01. The number of hydrogen-bond acceptors (Lipinski definition) is 4. The second-order valence-electron chi connectivity index (χ2n) is 4.66. The monoisotopic (exact) mass is 299 g/mol. The molecule has 21 heavy (non-hydrogen) atoms. The topological polar surface area (TPSA) is 68.0 Å². The molecule has 3 heterocycles. The number of aromatic nitrogens is 3. The Morgan fingerprint density at radius 2 is 2.24 bits per heavy atom. The Morgan fingerprint density at radius 3 is 2.90 bits per heavy atom. The van der Waals surface area contributed by atoms with E-state index < -0.39 is 5.97 Å². The number of aryl methyl sites for hydroxylation is 2. The third kappa shape index (κ3) is 2.45. The fourth-order valence-electron chi connectivity index (χ4n) is 2.27. The Balaban J connectivity index is 2.16. The molecule has 6 heteroatoms. The number of fused-ring (bicyclic) bond motifs is 1. The van der Waals surface area contributed by atoms with Crippen molar-refractivity contribution in [2.45, 2.75) is 6.92 Å². The van der Waals surface area contributed by atoms with Gasteiger partial charge in [0.05, 0.1) is 22.3 Å². The number of pyridine rings is 1. The van der Waals surface area contributed by atoms with E-state index in [2.05, 4.69) is 10.1 Å². The average Bonchev–Trinajstić information content (AvgIpc) is 3.05. The second kappa shape index (κ2) is 5.14. The molecule has 0 saturated carbocycles. The highest BCUT2D eigenvalue weighted by Crippen LogP contribution is 2.23. The molecule has 0 bridgehead atoms. The molecule has 0 radical (unpaired) electrons. The van der Waals surface area contributed by atoms with Gasteiger partial charge in [-0.05, 0) is 36.6 Å². The number of carbonyl (C=O) groups is 1. The fraction of sp³-hybridized carbons (Fsp3) is 0.133. The van der Waals surface area contributed by atoms with Crippen LogP contribution in [-0.4, -0.2) is 25.8 Å². The molecule has 3 aromatic rings. The van der Waals surface area contributed by atoms with Crippen molar-refractivity contribution in [3.8, 4) is 0 Å². The number of aromatic carboxylic acids is 1. The second-order valence-corrected chi connectivity index (χ2v) is 5.64. The van der Waals surface area contributed by atoms with E-state index in [1.165, 1.54) is 0 Å². The first-order valence-corrected chi connectivity index (χ1v) is 7.23. The molecule has 106 valence electrons. The largest absolute Gasteiger partial charge is 0.478 e. The summed E-state index contributed by atoms with van der Waals surface area (Å²) in [5, 5.41) is 16.2. The highest BCUT2D eigenvalue weighted by atomic mass is 32.1. The summed E-state index contributed by atoms with van der Waals surface area (Å²) in [5.74, 6) is -0.968. The summed E-state index contributed by atoms with van der Waals surface area (Å²) >= 11 is 1.62. The molecule has 3 aromatic heterocycles. The van der Waals surface area contributed by atoms with Crippen molar-refractivity contribution in [1.82, 2.24) is 14.8 Å². The Morgan fingerprint density at radius 1 is 1.43 bits per heavy atom. The van der Waals surface area contributed by atoms with Crippen LogP contribution in [0.5, 0.6) is 0 Å². The molecule has 0 aliphatic rings. The van der Waals surface area contributed by atoms with Crippen molar-refractivity contribution in [3.63, 3.8) is 0 Å². The molecule has 0 aliphatic carbocycles. The van der Waals surface area contributed by atoms with Gasteiger partial charge in [0.25, 0.3) is 0 Å². The van der Waals surface area contributed by atoms with Crippen LogP contribution in [0.4, 0.5) is 0 Å². The van der Waals surface area contributed by atoms with Crippen LogP contribution >= 0.6 is 11.3 Å². The normalized spacial score (nSPS) is 11.5. The van der Waals surface area contributed by atoms with Crippen LogP contribution in [-0.2, 0) is 7.05 Å². The lowest BCUT2D eigenvalue weighted by atomic mass is 10.1. The zero-order valence-corrected chi connectivity index (χ0v) is 12.4. The van der Waals surface area contributed by atoms with Gasteiger partial charge in [-0.15, -0.1) is 11.3 Å². The maximum atomic E-state index is 11.5. The van der Waals surface area contributed by atoms with Crippen molar-refractivity contribution < 1.29 is 9.90 Å². The van der Waals surface area contributed by atoms with E-state index in [0.717, 1.165) is 4.88 Å². The van der Waals surface area contributed by atoms with E-state index in [-0.39, 0.29) is 5.56 Å². The number of carboxylic acids is 1. The van der Waals surface area contributed by atoms with Crippen molar-refractivity contribution in [2.75, 3.05) is 0 Å². The number of nitrogens with zero attached hydrogens (tertiary/aromatic N) is 3. The van der Waals surface area contributed by atoms with Gasteiger partial charge in [-0.1, -0.05) is 6.07 Å². The zero-order chi connectivity index (χ0) is 15.0. The minimum absolute atomic E-state index is 0.233. The van der Waals surface area contributed by atoms with Crippen molar-refractivity contribution in [3.05, 3.63) is 45.4 Å². The third-order valence-corrected chi connectivity index (χ3v) is 4.02. The van der Waals surface area contributed by atoms with Crippen LogP contribution in [0.3, 0.4) is 0 Å². The molecular formula is C15H13N3O2S. The Bertz CT molecular complexity index is 848. The molecule has 0 fully saturated rings. The number of carboxylic acid groups (broad SMARTS) is 1. The minimum atomic E-state index is -0.968. The Labute approximate surface area is 125 Å². The SMILES string of the molecule is Cc1nn(C)c2nc(/C=C/c3cccs3)cc(C(=O)O)c12. The highest BCUT2D eigenvalue weighted by molar-refractivity contribution is 7.10. The maximum Gasteiger partial charge on any atom is 0.336 e. The van der Waals surface area contributed by atoms with Gasteiger partial charge >= 0.3 is 5.97 Å². The molecule has 0 aliphatic heterocycles. The van der Waals surface area contributed by atoms with Crippen LogP contribution in [0.1, 0.15) is 26.6 Å². The Hall–Kier alpha value is -2.47. The van der Waals surface area contributed by atoms with Crippen LogP contribution in [0.25, 0.3) is 23.2 Å². The van der Waals surface area contributed by atoms with Gasteiger partial charge in [0.15, 0.2) is 5.65 Å². The van der Waals surface area contributed by atoms with Gasteiger partial charge in [0.2, 0.25) is 0 Å². The first kappa shape index (κ1) is 13.5. The summed E-state index contributed by atoms with van der Waals surface area (Å²) in [6.07, 6.45) is 3.74.